The smallest absolute Gasteiger partial charge is 0.337 e. The lowest BCUT2D eigenvalue weighted by Crippen LogP contribution is -1.99. The fourth-order valence-corrected chi connectivity index (χ4v) is 2.73. The molecule has 2 nitrogen and oxygen atoms in total. The van der Waals surface area contributed by atoms with Crippen molar-refractivity contribution in [3.63, 3.8) is 0 Å². The Kier molecular flexibility index (Phi) is 2.68. The van der Waals surface area contributed by atoms with E-state index in [0.29, 0.717) is 5.56 Å². The van der Waals surface area contributed by atoms with Gasteiger partial charge < -0.3 is 5.11 Å². The standard InChI is InChI=1S/C11H12O2S/c12-11(13)9-6-7-14-10(9)8-4-2-1-3-5-8/h4,6-7H,1-3,5H2,(H,12,13). The van der Waals surface area contributed by atoms with Gasteiger partial charge in [0, 0.05) is 4.88 Å². The summed E-state index contributed by atoms with van der Waals surface area (Å²) in [4.78, 5) is 11.9. The van der Waals surface area contributed by atoms with Crippen molar-refractivity contribution >= 4 is 22.9 Å². The molecule has 2 rings (SSSR count). The summed E-state index contributed by atoms with van der Waals surface area (Å²) in [5.74, 6) is -0.812. The van der Waals surface area contributed by atoms with E-state index in [1.807, 2.05) is 5.38 Å². The second-order valence-electron chi connectivity index (χ2n) is 3.44. The Hall–Kier alpha value is -1.09. The highest BCUT2D eigenvalue weighted by molar-refractivity contribution is 7.11. The first kappa shape index (κ1) is 9.46. The van der Waals surface area contributed by atoms with Crippen LogP contribution in [0.5, 0.6) is 0 Å². The third kappa shape index (κ3) is 1.73. The van der Waals surface area contributed by atoms with Gasteiger partial charge in [-0.15, -0.1) is 11.3 Å². The van der Waals surface area contributed by atoms with Crippen LogP contribution in [0.15, 0.2) is 17.5 Å². The quantitative estimate of drug-likeness (QED) is 0.808. The first-order valence-corrected chi connectivity index (χ1v) is 5.67. The average molecular weight is 208 g/mol. The molecular formula is C11H12O2S. The maximum Gasteiger partial charge on any atom is 0.337 e. The summed E-state index contributed by atoms with van der Waals surface area (Å²) < 4.78 is 0. The molecule has 1 N–H and O–H groups in total. The van der Waals surface area contributed by atoms with E-state index in [-0.39, 0.29) is 0 Å². The van der Waals surface area contributed by atoms with Crippen LogP contribution in [0.25, 0.3) is 5.57 Å². The molecule has 0 aromatic carbocycles. The van der Waals surface area contributed by atoms with E-state index in [9.17, 15) is 4.79 Å². The van der Waals surface area contributed by atoms with Gasteiger partial charge in [0.25, 0.3) is 0 Å². The molecule has 0 saturated carbocycles. The van der Waals surface area contributed by atoms with E-state index in [4.69, 9.17) is 5.11 Å². The highest BCUT2D eigenvalue weighted by Crippen LogP contribution is 2.32. The van der Waals surface area contributed by atoms with E-state index >= 15 is 0 Å². The van der Waals surface area contributed by atoms with Gasteiger partial charge in [0.15, 0.2) is 0 Å². The Bertz CT molecular complexity index is 376. The largest absolute Gasteiger partial charge is 0.478 e. The first-order valence-electron chi connectivity index (χ1n) is 4.79. The Balaban J connectivity index is 2.35. The van der Waals surface area contributed by atoms with Gasteiger partial charge in [0.1, 0.15) is 0 Å². The fourth-order valence-electron chi connectivity index (χ4n) is 1.77. The second kappa shape index (κ2) is 3.96. The van der Waals surface area contributed by atoms with Gasteiger partial charge in [0.05, 0.1) is 5.56 Å². The van der Waals surface area contributed by atoms with Gasteiger partial charge in [-0.25, -0.2) is 4.79 Å². The lowest BCUT2D eigenvalue weighted by atomic mass is 9.97. The average Bonchev–Trinajstić information content (AvgIpc) is 2.67. The predicted octanol–water partition coefficient (Wildman–Crippen LogP) is 3.40. The van der Waals surface area contributed by atoms with Gasteiger partial charge >= 0.3 is 5.97 Å². The molecule has 1 aromatic rings. The Labute approximate surface area is 86.9 Å². The number of hydrogen-bond acceptors (Lipinski definition) is 2. The summed E-state index contributed by atoms with van der Waals surface area (Å²) >= 11 is 1.54. The number of carbonyl (C=O) groups is 1. The van der Waals surface area contributed by atoms with E-state index in [0.717, 1.165) is 17.7 Å². The highest BCUT2D eigenvalue weighted by atomic mass is 32.1. The van der Waals surface area contributed by atoms with Crippen molar-refractivity contribution < 1.29 is 9.90 Å². The van der Waals surface area contributed by atoms with Crippen LogP contribution in [0.4, 0.5) is 0 Å². The van der Waals surface area contributed by atoms with Crippen molar-refractivity contribution in [2.24, 2.45) is 0 Å². The summed E-state index contributed by atoms with van der Waals surface area (Å²) in [7, 11) is 0. The molecule has 1 aromatic heterocycles. The monoisotopic (exact) mass is 208 g/mol. The van der Waals surface area contributed by atoms with Crippen molar-refractivity contribution in [1.29, 1.82) is 0 Å². The Morgan fingerprint density at radius 1 is 1.43 bits per heavy atom. The minimum atomic E-state index is -0.812. The summed E-state index contributed by atoms with van der Waals surface area (Å²) in [5.41, 5.74) is 1.69. The maximum absolute atomic E-state index is 10.9. The molecule has 74 valence electrons. The van der Waals surface area contributed by atoms with Gasteiger partial charge in [-0.05, 0) is 42.7 Å². The lowest BCUT2D eigenvalue weighted by Gasteiger charge is -2.11. The van der Waals surface area contributed by atoms with Gasteiger partial charge in [-0.1, -0.05) is 6.08 Å². The van der Waals surface area contributed by atoms with Gasteiger partial charge in [0.2, 0.25) is 0 Å². The Morgan fingerprint density at radius 3 is 2.93 bits per heavy atom. The van der Waals surface area contributed by atoms with Crippen LogP contribution in [-0.2, 0) is 0 Å². The number of carboxylic acids is 1. The van der Waals surface area contributed by atoms with Crippen LogP contribution in [-0.4, -0.2) is 11.1 Å². The van der Waals surface area contributed by atoms with Crippen molar-refractivity contribution in [3.05, 3.63) is 28.0 Å². The van der Waals surface area contributed by atoms with E-state index < -0.39 is 5.97 Å². The van der Waals surface area contributed by atoms with Gasteiger partial charge in [-0.3, -0.25) is 0 Å². The van der Waals surface area contributed by atoms with Crippen molar-refractivity contribution in [2.75, 3.05) is 0 Å². The van der Waals surface area contributed by atoms with Crippen LogP contribution in [0, 0.1) is 0 Å². The minimum absolute atomic E-state index is 0.461. The number of hydrogen-bond donors (Lipinski definition) is 1. The van der Waals surface area contributed by atoms with E-state index in [1.54, 1.807) is 6.07 Å². The van der Waals surface area contributed by atoms with Crippen LogP contribution in [0.2, 0.25) is 0 Å². The molecule has 0 atom stereocenters. The van der Waals surface area contributed by atoms with Crippen LogP contribution in [0.3, 0.4) is 0 Å². The zero-order valence-corrected chi connectivity index (χ0v) is 8.64. The molecule has 0 spiro atoms. The Morgan fingerprint density at radius 2 is 2.29 bits per heavy atom. The normalized spacial score (nSPS) is 16.4. The minimum Gasteiger partial charge on any atom is -0.478 e. The third-order valence-electron chi connectivity index (χ3n) is 2.48. The molecule has 0 fully saturated rings. The van der Waals surface area contributed by atoms with Crippen LogP contribution in [0.1, 0.15) is 40.9 Å². The number of allylic oxidation sites excluding steroid dienone is 2. The molecular weight excluding hydrogens is 196 g/mol. The topological polar surface area (TPSA) is 37.3 Å². The SMILES string of the molecule is O=C(O)c1ccsc1C1=CCCCC1. The zero-order chi connectivity index (χ0) is 9.97. The lowest BCUT2D eigenvalue weighted by molar-refractivity contribution is 0.0697. The third-order valence-corrected chi connectivity index (χ3v) is 3.47. The molecule has 0 amide bonds. The molecule has 1 aliphatic carbocycles. The molecule has 1 aliphatic rings. The molecule has 0 aliphatic heterocycles. The fraction of sp³-hybridized carbons (Fsp3) is 0.364. The van der Waals surface area contributed by atoms with Crippen LogP contribution < -0.4 is 0 Å². The van der Waals surface area contributed by atoms with Crippen LogP contribution >= 0.6 is 11.3 Å². The summed E-state index contributed by atoms with van der Waals surface area (Å²) in [6.45, 7) is 0. The zero-order valence-electron chi connectivity index (χ0n) is 7.82. The number of carboxylic acid groups (broad SMARTS) is 1. The summed E-state index contributed by atoms with van der Waals surface area (Å²) in [6, 6.07) is 1.69. The highest BCUT2D eigenvalue weighted by Gasteiger charge is 2.15. The maximum atomic E-state index is 10.9. The van der Waals surface area contributed by atoms with E-state index in [1.165, 1.54) is 29.8 Å². The molecule has 3 heteroatoms. The van der Waals surface area contributed by atoms with E-state index in [2.05, 4.69) is 6.08 Å². The number of aromatic carboxylic acids is 1. The summed E-state index contributed by atoms with van der Waals surface area (Å²) in [6.07, 6.45) is 6.72. The van der Waals surface area contributed by atoms with Gasteiger partial charge in [-0.2, -0.15) is 0 Å². The van der Waals surface area contributed by atoms with Crippen molar-refractivity contribution in [3.8, 4) is 0 Å². The number of rotatable bonds is 2. The molecule has 14 heavy (non-hydrogen) atoms. The molecule has 0 bridgehead atoms. The summed E-state index contributed by atoms with van der Waals surface area (Å²) in [5, 5.41) is 10.8. The molecule has 1 heterocycles. The number of thiophene rings is 1. The molecule has 0 saturated heterocycles. The predicted molar refractivity (Wildman–Crippen MR) is 57.7 cm³/mol. The van der Waals surface area contributed by atoms with Crippen molar-refractivity contribution in [2.45, 2.75) is 25.7 Å². The van der Waals surface area contributed by atoms with Crippen molar-refractivity contribution in [1.82, 2.24) is 0 Å². The second-order valence-corrected chi connectivity index (χ2v) is 4.36. The molecule has 0 unspecified atom stereocenters. The molecule has 0 radical (unpaired) electrons. The first-order chi connectivity index (χ1) is 6.79.